The number of amides is 1. The van der Waals surface area contributed by atoms with Crippen LogP contribution in [0.5, 0.6) is 5.75 Å². The lowest BCUT2D eigenvalue weighted by molar-refractivity contribution is 0.0964. The molecule has 0 fully saturated rings. The molecule has 10 heteroatoms. The molecule has 0 bridgehead atoms. The zero-order valence-corrected chi connectivity index (χ0v) is 20.6. The lowest BCUT2D eigenvalue weighted by Gasteiger charge is -2.25. The van der Waals surface area contributed by atoms with Gasteiger partial charge in [0.05, 0.1) is 36.8 Å². The van der Waals surface area contributed by atoms with Crippen molar-refractivity contribution in [2.75, 3.05) is 30.8 Å². The Hall–Kier alpha value is -2.56. The number of carbonyl (C=O) groups excluding carboxylic acids is 1. The van der Waals surface area contributed by atoms with Gasteiger partial charge in [0.2, 0.25) is 10.0 Å². The summed E-state index contributed by atoms with van der Waals surface area (Å²) < 4.78 is 38.8. The van der Waals surface area contributed by atoms with Crippen LogP contribution in [0.15, 0.2) is 45.3 Å². The number of aliphatic hydroxyl groups excluding tert-OH is 1. The quantitative estimate of drug-likeness (QED) is 0.464. The molecule has 0 aliphatic carbocycles. The number of anilines is 1. The molecule has 0 aliphatic heterocycles. The second-order valence-corrected chi connectivity index (χ2v) is 10.3. The van der Waals surface area contributed by atoms with Crippen molar-refractivity contribution in [3.05, 3.63) is 46.4 Å². The number of hydrogen-bond acceptors (Lipinski definition) is 6. The van der Waals surface area contributed by atoms with Crippen molar-refractivity contribution in [1.29, 1.82) is 0 Å². The summed E-state index contributed by atoms with van der Waals surface area (Å²) in [6, 6.07) is 10.4. The fourth-order valence-electron chi connectivity index (χ4n) is 3.37. The summed E-state index contributed by atoms with van der Waals surface area (Å²) in [6.07, 6.45) is 0.792. The van der Waals surface area contributed by atoms with Crippen molar-refractivity contribution in [2.45, 2.75) is 20.0 Å². The third-order valence-electron chi connectivity index (χ3n) is 4.66. The fraction of sp³-hybridized carbons (Fsp3) is 0.318. The Labute approximate surface area is 195 Å². The third kappa shape index (κ3) is 4.92. The molecule has 0 saturated heterocycles. The van der Waals surface area contributed by atoms with Crippen molar-refractivity contribution in [2.24, 2.45) is 0 Å². The molecule has 0 aliphatic rings. The number of nitrogens with one attached hydrogen (secondary N) is 1. The SMILES string of the molecule is CNC(=O)c1c(-c2ccc(Br)cc2)oc2cc(N(CCO)S(C)(=O)=O)c(OC(C)C)cc12. The summed E-state index contributed by atoms with van der Waals surface area (Å²) >= 11 is 3.40. The second-order valence-electron chi connectivity index (χ2n) is 7.43. The number of rotatable bonds is 8. The molecule has 2 N–H and O–H groups in total. The largest absolute Gasteiger partial charge is 0.489 e. The van der Waals surface area contributed by atoms with Crippen LogP contribution in [0, 0.1) is 0 Å². The summed E-state index contributed by atoms with van der Waals surface area (Å²) in [5.41, 5.74) is 1.55. The highest BCUT2D eigenvalue weighted by atomic mass is 79.9. The van der Waals surface area contributed by atoms with Crippen LogP contribution in [0.3, 0.4) is 0 Å². The van der Waals surface area contributed by atoms with Crippen LogP contribution in [-0.2, 0) is 10.0 Å². The molecule has 0 atom stereocenters. The topological polar surface area (TPSA) is 109 Å². The third-order valence-corrected chi connectivity index (χ3v) is 6.37. The minimum Gasteiger partial charge on any atom is -0.489 e. The van der Waals surface area contributed by atoms with E-state index in [0.29, 0.717) is 27.9 Å². The molecule has 8 nitrogen and oxygen atoms in total. The average Bonchev–Trinajstić information content (AvgIpc) is 3.08. The highest BCUT2D eigenvalue weighted by Gasteiger charge is 2.27. The number of sulfonamides is 1. The van der Waals surface area contributed by atoms with Crippen LogP contribution in [0.2, 0.25) is 0 Å². The summed E-state index contributed by atoms with van der Waals surface area (Å²) in [4.78, 5) is 12.8. The first-order chi connectivity index (χ1) is 15.1. The number of aliphatic hydroxyl groups is 1. The van der Waals surface area contributed by atoms with E-state index < -0.39 is 10.0 Å². The number of hydrogen-bond donors (Lipinski definition) is 2. The molecule has 1 aromatic heterocycles. The fourth-order valence-corrected chi connectivity index (χ4v) is 4.54. The summed E-state index contributed by atoms with van der Waals surface area (Å²) in [5, 5.41) is 12.6. The predicted molar refractivity (Wildman–Crippen MR) is 128 cm³/mol. The first-order valence-corrected chi connectivity index (χ1v) is 12.5. The molecule has 3 rings (SSSR count). The van der Waals surface area contributed by atoms with Crippen molar-refractivity contribution in [3.63, 3.8) is 0 Å². The Morgan fingerprint density at radius 3 is 2.44 bits per heavy atom. The van der Waals surface area contributed by atoms with Crippen LogP contribution < -0.4 is 14.4 Å². The maximum atomic E-state index is 12.8. The van der Waals surface area contributed by atoms with Crippen molar-refractivity contribution >= 4 is 48.5 Å². The van der Waals surface area contributed by atoms with Crippen LogP contribution in [-0.4, -0.2) is 52.0 Å². The lowest BCUT2D eigenvalue weighted by Crippen LogP contribution is -2.33. The molecule has 1 heterocycles. The van der Waals surface area contributed by atoms with E-state index in [1.165, 1.54) is 13.1 Å². The molecule has 0 spiro atoms. The Morgan fingerprint density at radius 2 is 1.91 bits per heavy atom. The molecule has 32 heavy (non-hydrogen) atoms. The van der Waals surface area contributed by atoms with E-state index in [2.05, 4.69) is 21.2 Å². The van der Waals surface area contributed by atoms with Gasteiger partial charge in [0.1, 0.15) is 17.1 Å². The van der Waals surface area contributed by atoms with E-state index in [-0.39, 0.29) is 36.6 Å². The van der Waals surface area contributed by atoms with Gasteiger partial charge in [0.15, 0.2) is 0 Å². The van der Waals surface area contributed by atoms with E-state index in [1.54, 1.807) is 6.07 Å². The number of carbonyl (C=O) groups is 1. The molecule has 0 unspecified atom stereocenters. The van der Waals surface area contributed by atoms with Gasteiger partial charge in [-0.2, -0.15) is 0 Å². The van der Waals surface area contributed by atoms with Gasteiger partial charge in [-0.15, -0.1) is 0 Å². The Kier molecular flexibility index (Phi) is 7.16. The summed E-state index contributed by atoms with van der Waals surface area (Å²) in [5.74, 6) is 0.271. The van der Waals surface area contributed by atoms with Crippen LogP contribution in [0.1, 0.15) is 24.2 Å². The molecule has 0 radical (unpaired) electrons. The standard InChI is InChI=1S/C22H25BrN2O6S/c1-13(2)30-19-11-16-18(12-17(19)25(9-10-26)32(4,28)29)31-21(20(16)22(27)24-3)14-5-7-15(23)8-6-14/h5-8,11-13,26H,9-10H2,1-4H3,(H,24,27). The van der Waals surface area contributed by atoms with Gasteiger partial charge in [-0.25, -0.2) is 8.42 Å². The zero-order chi connectivity index (χ0) is 23.6. The van der Waals surface area contributed by atoms with Gasteiger partial charge in [-0.05, 0) is 32.0 Å². The minimum absolute atomic E-state index is 0.151. The highest BCUT2D eigenvalue weighted by molar-refractivity contribution is 9.10. The van der Waals surface area contributed by atoms with Gasteiger partial charge in [-0.1, -0.05) is 28.1 Å². The monoisotopic (exact) mass is 524 g/mol. The number of nitrogens with zero attached hydrogens (tertiary/aromatic N) is 1. The molecule has 0 saturated carbocycles. The molecular formula is C22H25BrN2O6S. The molecule has 2 aromatic carbocycles. The molecular weight excluding hydrogens is 500 g/mol. The van der Waals surface area contributed by atoms with Crippen molar-refractivity contribution < 1.29 is 27.5 Å². The first-order valence-electron chi connectivity index (χ1n) is 9.90. The summed E-state index contributed by atoms with van der Waals surface area (Å²) in [7, 11) is -2.19. The zero-order valence-electron chi connectivity index (χ0n) is 18.2. The van der Waals surface area contributed by atoms with Crippen molar-refractivity contribution in [3.8, 4) is 17.1 Å². The van der Waals surface area contributed by atoms with Crippen LogP contribution in [0.25, 0.3) is 22.3 Å². The van der Waals surface area contributed by atoms with E-state index in [4.69, 9.17) is 9.15 Å². The predicted octanol–water partition coefficient (Wildman–Crippen LogP) is 3.77. The van der Waals surface area contributed by atoms with Gasteiger partial charge in [0, 0.05) is 28.5 Å². The van der Waals surface area contributed by atoms with Crippen molar-refractivity contribution in [1.82, 2.24) is 5.32 Å². The van der Waals surface area contributed by atoms with Gasteiger partial charge < -0.3 is 19.6 Å². The van der Waals surface area contributed by atoms with E-state index in [0.717, 1.165) is 15.0 Å². The first kappa shape index (κ1) is 24.1. The minimum atomic E-state index is -3.72. The van der Waals surface area contributed by atoms with Crippen LogP contribution in [0.4, 0.5) is 5.69 Å². The number of halogens is 1. The van der Waals surface area contributed by atoms with E-state index >= 15 is 0 Å². The van der Waals surface area contributed by atoms with Gasteiger partial charge in [0.25, 0.3) is 5.91 Å². The normalized spacial score (nSPS) is 11.7. The number of fused-ring (bicyclic) bond motifs is 1. The smallest absolute Gasteiger partial charge is 0.255 e. The Bertz CT molecular complexity index is 1240. The van der Waals surface area contributed by atoms with Gasteiger partial charge >= 0.3 is 0 Å². The Morgan fingerprint density at radius 1 is 1.25 bits per heavy atom. The number of ether oxygens (including phenoxy) is 1. The van der Waals surface area contributed by atoms with E-state index in [1.807, 2.05) is 38.1 Å². The molecule has 1 amide bonds. The molecule has 3 aromatic rings. The summed E-state index contributed by atoms with van der Waals surface area (Å²) in [6.45, 7) is 3.10. The van der Waals surface area contributed by atoms with Gasteiger partial charge in [-0.3, -0.25) is 9.10 Å². The second kappa shape index (κ2) is 9.51. The Balaban J connectivity index is 2.35. The molecule has 172 valence electrons. The van der Waals surface area contributed by atoms with Crippen LogP contribution >= 0.6 is 15.9 Å². The number of benzene rings is 2. The lowest BCUT2D eigenvalue weighted by atomic mass is 10.0. The van der Waals surface area contributed by atoms with E-state index in [9.17, 15) is 18.3 Å². The highest BCUT2D eigenvalue weighted by Crippen LogP contribution is 2.41. The number of furan rings is 1. The maximum absolute atomic E-state index is 12.8. The average molecular weight is 525 g/mol. The maximum Gasteiger partial charge on any atom is 0.255 e.